The molecule has 0 fully saturated rings. The van der Waals surface area contributed by atoms with Crippen LogP contribution in [0, 0.1) is 5.41 Å². The molecule has 1 heterocycles. The number of rotatable bonds is 0. The molecule has 0 amide bonds. The maximum atomic E-state index is 2.26. The van der Waals surface area contributed by atoms with Crippen LogP contribution in [0.25, 0.3) is 0 Å². The Labute approximate surface area is 72.1 Å². The zero-order valence-corrected chi connectivity index (χ0v) is 8.33. The van der Waals surface area contributed by atoms with Gasteiger partial charge in [0, 0.05) is 5.75 Å². The van der Waals surface area contributed by atoms with Crippen molar-refractivity contribution in [3.05, 3.63) is 11.5 Å². The smallest absolute Gasteiger partial charge is 0.00603 e. The fourth-order valence-electron chi connectivity index (χ4n) is 0.543. The fraction of sp³-hybridized carbons (Fsp3) is 0.667. The minimum Gasteiger partial charge on any atom is -0.134 e. The Morgan fingerprint density at radius 1 is 1.50 bits per heavy atom. The second-order valence-corrected chi connectivity index (χ2v) is 3.50. The molecular weight excluding hydrogens is 231 g/mol. The molecule has 48 valence electrons. The van der Waals surface area contributed by atoms with Gasteiger partial charge in [0.1, 0.15) is 0 Å². The predicted molar refractivity (Wildman–Crippen MR) is 50.8 cm³/mol. The van der Waals surface area contributed by atoms with Gasteiger partial charge < -0.3 is 0 Å². The van der Waals surface area contributed by atoms with E-state index in [0.717, 1.165) is 0 Å². The average molecular weight is 242 g/mol. The van der Waals surface area contributed by atoms with Gasteiger partial charge in [-0.05, 0) is 10.8 Å². The van der Waals surface area contributed by atoms with Gasteiger partial charge in [-0.25, -0.2) is 0 Å². The molecule has 1 rings (SSSR count). The van der Waals surface area contributed by atoms with Crippen LogP contribution < -0.4 is 0 Å². The summed E-state index contributed by atoms with van der Waals surface area (Å²) in [5.74, 6) is 1.26. The van der Waals surface area contributed by atoms with E-state index < -0.39 is 0 Å². The Morgan fingerprint density at radius 3 is 2.25 bits per heavy atom. The zero-order valence-electron chi connectivity index (χ0n) is 5.18. The minimum atomic E-state index is 0. The lowest BCUT2D eigenvalue weighted by atomic mass is 9.98. The highest BCUT2D eigenvalue weighted by molar-refractivity contribution is 14.0. The number of hydrogen-bond donors (Lipinski definition) is 0. The molecule has 8 heavy (non-hydrogen) atoms. The summed E-state index contributed by atoms with van der Waals surface area (Å²) in [5, 5.41) is 2.18. The SMILES string of the molecule is CC1(C)C=CSC1.I. The first-order chi connectivity index (χ1) is 3.21. The molecule has 1 aliphatic rings. The molecule has 2 heteroatoms. The first-order valence-corrected chi connectivity index (χ1v) is 3.55. The third-order valence-electron chi connectivity index (χ3n) is 1.07. The molecule has 0 aromatic carbocycles. The summed E-state index contributed by atoms with van der Waals surface area (Å²) in [7, 11) is 0. The van der Waals surface area contributed by atoms with E-state index in [1.807, 2.05) is 11.8 Å². The topological polar surface area (TPSA) is 0 Å². The highest BCUT2D eigenvalue weighted by atomic mass is 127. The van der Waals surface area contributed by atoms with Crippen LogP contribution in [-0.2, 0) is 0 Å². The van der Waals surface area contributed by atoms with Crippen molar-refractivity contribution < 1.29 is 0 Å². The van der Waals surface area contributed by atoms with Crippen LogP contribution in [-0.4, -0.2) is 5.75 Å². The van der Waals surface area contributed by atoms with Crippen molar-refractivity contribution in [2.75, 3.05) is 5.75 Å². The summed E-state index contributed by atoms with van der Waals surface area (Å²) in [6, 6.07) is 0. The van der Waals surface area contributed by atoms with E-state index in [4.69, 9.17) is 0 Å². The molecule has 0 saturated carbocycles. The van der Waals surface area contributed by atoms with E-state index in [-0.39, 0.29) is 24.0 Å². The van der Waals surface area contributed by atoms with Crippen LogP contribution in [0.3, 0.4) is 0 Å². The van der Waals surface area contributed by atoms with Gasteiger partial charge in [-0.2, -0.15) is 0 Å². The fourth-order valence-corrected chi connectivity index (χ4v) is 1.63. The maximum absolute atomic E-state index is 2.26. The Bertz CT molecular complexity index is 96.7. The molecule has 0 saturated heterocycles. The summed E-state index contributed by atoms with van der Waals surface area (Å²) < 4.78 is 0. The van der Waals surface area contributed by atoms with Crippen molar-refractivity contribution in [3.8, 4) is 0 Å². The van der Waals surface area contributed by atoms with Crippen LogP contribution in [0.5, 0.6) is 0 Å². The van der Waals surface area contributed by atoms with Crippen molar-refractivity contribution in [1.29, 1.82) is 0 Å². The maximum Gasteiger partial charge on any atom is 0.00603 e. The van der Waals surface area contributed by atoms with Gasteiger partial charge in [0.05, 0.1) is 0 Å². The number of halogens is 1. The molecule has 0 unspecified atom stereocenters. The summed E-state index contributed by atoms with van der Waals surface area (Å²) in [6.45, 7) is 4.51. The highest BCUT2D eigenvalue weighted by Gasteiger charge is 2.16. The summed E-state index contributed by atoms with van der Waals surface area (Å²) in [5.41, 5.74) is 0.477. The molecular formula is C6H11IS. The van der Waals surface area contributed by atoms with Crippen LogP contribution in [0.15, 0.2) is 11.5 Å². The van der Waals surface area contributed by atoms with E-state index in [1.54, 1.807) is 0 Å². The lowest BCUT2D eigenvalue weighted by Gasteiger charge is -2.10. The molecule has 0 bridgehead atoms. The number of allylic oxidation sites excluding steroid dienone is 1. The molecule has 0 atom stereocenters. The van der Waals surface area contributed by atoms with Gasteiger partial charge in [0.2, 0.25) is 0 Å². The Morgan fingerprint density at radius 2 is 2.12 bits per heavy atom. The van der Waals surface area contributed by atoms with Gasteiger partial charge >= 0.3 is 0 Å². The van der Waals surface area contributed by atoms with E-state index in [1.165, 1.54) is 5.75 Å². The zero-order chi connectivity index (χ0) is 5.33. The molecule has 0 aromatic rings. The van der Waals surface area contributed by atoms with Crippen LogP contribution in [0.1, 0.15) is 13.8 Å². The van der Waals surface area contributed by atoms with Crippen molar-refractivity contribution in [1.82, 2.24) is 0 Å². The number of hydrogen-bond acceptors (Lipinski definition) is 1. The second-order valence-electron chi connectivity index (χ2n) is 2.60. The van der Waals surface area contributed by atoms with Crippen molar-refractivity contribution in [3.63, 3.8) is 0 Å². The van der Waals surface area contributed by atoms with Gasteiger partial charge in [0.25, 0.3) is 0 Å². The van der Waals surface area contributed by atoms with Crippen molar-refractivity contribution >= 4 is 35.7 Å². The lowest BCUT2D eigenvalue weighted by molar-refractivity contribution is 0.565. The van der Waals surface area contributed by atoms with Crippen molar-refractivity contribution in [2.45, 2.75) is 13.8 Å². The first-order valence-electron chi connectivity index (χ1n) is 2.50. The van der Waals surface area contributed by atoms with Gasteiger partial charge in [0.15, 0.2) is 0 Å². The molecule has 1 aliphatic heterocycles. The molecule has 0 spiro atoms. The summed E-state index contributed by atoms with van der Waals surface area (Å²) >= 11 is 1.90. The van der Waals surface area contributed by atoms with Crippen LogP contribution in [0.2, 0.25) is 0 Å². The average Bonchev–Trinajstić information content (AvgIpc) is 1.84. The highest BCUT2D eigenvalue weighted by Crippen LogP contribution is 2.30. The predicted octanol–water partition coefficient (Wildman–Crippen LogP) is 2.89. The molecule has 0 nitrogen and oxygen atoms in total. The monoisotopic (exact) mass is 242 g/mol. The second kappa shape index (κ2) is 3.11. The largest absolute Gasteiger partial charge is 0.134 e. The molecule has 0 N–H and O–H groups in total. The summed E-state index contributed by atoms with van der Waals surface area (Å²) in [6.07, 6.45) is 2.26. The first kappa shape index (κ1) is 8.82. The lowest BCUT2D eigenvalue weighted by Crippen LogP contribution is -2.05. The van der Waals surface area contributed by atoms with Gasteiger partial charge in [-0.15, -0.1) is 35.7 Å². The van der Waals surface area contributed by atoms with Crippen LogP contribution >= 0.6 is 35.7 Å². The quantitative estimate of drug-likeness (QED) is 0.588. The molecule has 0 radical (unpaired) electrons. The third kappa shape index (κ3) is 2.40. The standard InChI is InChI=1S/C6H10S.HI/c1-6(2)3-4-7-5-6;/h3-4H,5H2,1-2H3;1H. The minimum absolute atomic E-state index is 0. The third-order valence-corrected chi connectivity index (χ3v) is 2.31. The van der Waals surface area contributed by atoms with Crippen molar-refractivity contribution in [2.24, 2.45) is 5.41 Å². The number of thioether (sulfide) groups is 1. The summed E-state index contributed by atoms with van der Waals surface area (Å²) in [4.78, 5) is 0. The molecule has 0 aromatic heterocycles. The van der Waals surface area contributed by atoms with E-state index in [2.05, 4.69) is 25.3 Å². The van der Waals surface area contributed by atoms with Crippen LogP contribution in [0.4, 0.5) is 0 Å². The Kier molecular flexibility index (Phi) is 3.43. The van der Waals surface area contributed by atoms with E-state index in [9.17, 15) is 0 Å². The normalized spacial score (nSPS) is 22.8. The van der Waals surface area contributed by atoms with Gasteiger partial charge in [-0.3, -0.25) is 0 Å². The Hall–Kier alpha value is 0.820. The van der Waals surface area contributed by atoms with E-state index in [0.29, 0.717) is 5.41 Å². The van der Waals surface area contributed by atoms with Gasteiger partial charge in [-0.1, -0.05) is 19.9 Å². The van der Waals surface area contributed by atoms with E-state index >= 15 is 0 Å². The molecule has 0 aliphatic carbocycles. The Balaban J connectivity index is 0.000000490.